The Hall–Kier alpha value is -2.25. The van der Waals surface area contributed by atoms with Crippen LogP contribution in [0.15, 0.2) is 41.4 Å². The van der Waals surface area contributed by atoms with E-state index in [0.717, 1.165) is 16.7 Å². The molecule has 23 heavy (non-hydrogen) atoms. The third-order valence-electron chi connectivity index (χ3n) is 3.68. The molecule has 2 heterocycles. The predicted octanol–water partition coefficient (Wildman–Crippen LogP) is 2.13. The highest BCUT2D eigenvalue weighted by Gasteiger charge is 2.20. The molecule has 0 unspecified atom stereocenters. The van der Waals surface area contributed by atoms with Crippen molar-refractivity contribution >= 4 is 15.7 Å². The van der Waals surface area contributed by atoms with Crippen molar-refractivity contribution in [2.45, 2.75) is 32.2 Å². The Labute approximate surface area is 135 Å². The van der Waals surface area contributed by atoms with Gasteiger partial charge in [0.2, 0.25) is 10.0 Å². The number of benzene rings is 1. The molecule has 6 nitrogen and oxygen atoms in total. The van der Waals surface area contributed by atoms with Gasteiger partial charge < -0.3 is 0 Å². The molecule has 0 radical (unpaired) electrons. The van der Waals surface area contributed by atoms with Gasteiger partial charge in [-0.15, -0.1) is 10.2 Å². The second-order valence-electron chi connectivity index (χ2n) is 5.60. The zero-order chi connectivity index (χ0) is 16.6. The number of sulfonamides is 1. The summed E-state index contributed by atoms with van der Waals surface area (Å²) in [5.74, 6) is 0.548. The van der Waals surface area contributed by atoms with E-state index in [1.54, 1.807) is 24.4 Å². The Morgan fingerprint density at radius 1 is 1.09 bits per heavy atom. The topological polar surface area (TPSA) is 76.4 Å². The number of fused-ring (bicyclic) bond motifs is 1. The van der Waals surface area contributed by atoms with E-state index in [1.165, 1.54) is 0 Å². The van der Waals surface area contributed by atoms with E-state index in [0.29, 0.717) is 16.4 Å². The van der Waals surface area contributed by atoms with Gasteiger partial charge in [-0.2, -0.15) is 0 Å². The van der Waals surface area contributed by atoms with E-state index in [9.17, 15) is 8.42 Å². The number of aryl methyl sites for hydroxylation is 3. The molecule has 0 aliphatic carbocycles. The fourth-order valence-corrected chi connectivity index (χ4v) is 4.26. The average molecular weight is 330 g/mol. The molecule has 0 bridgehead atoms. The molecule has 0 fully saturated rings. The van der Waals surface area contributed by atoms with Crippen LogP contribution in [-0.2, 0) is 16.6 Å². The maximum Gasteiger partial charge on any atom is 0.241 e. The fraction of sp³-hybridized carbons (Fsp3) is 0.250. The van der Waals surface area contributed by atoms with Crippen LogP contribution < -0.4 is 4.72 Å². The molecule has 120 valence electrons. The van der Waals surface area contributed by atoms with Crippen LogP contribution in [0, 0.1) is 20.8 Å². The second kappa shape index (κ2) is 5.75. The first kappa shape index (κ1) is 15.6. The van der Waals surface area contributed by atoms with Gasteiger partial charge in [-0.25, -0.2) is 13.1 Å². The monoisotopic (exact) mass is 330 g/mol. The van der Waals surface area contributed by atoms with Crippen LogP contribution in [0.2, 0.25) is 0 Å². The number of hydrogen-bond acceptors (Lipinski definition) is 4. The fourth-order valence-electron chi connectivity index (χ4n) is 2.83. The van der Waals surface area contributed by atoms with E-state index in [1.807, 2.05) is 37.3 Å². The first-order chi connectivity index (χ1) is 10.9. The van der Waals surface area contributed by atoms with Crippen molar-refractivity contribution in [1.29, 1.82) is 0 Å². The summed E-state index contributed by atoms with van der Waals surface area (Å²) in [6.45, 7) is 5.65. The summed E-state index contributed by atoms with van der Waals surface area (Å²) in [6.07, 6.45) is 1.81. The van der Waals surface area contributed by atoms with Crippen LogP contribution in [0.25, 0.3) is 5.65 Å². The van der Waals surface area contributed by atoms with Crippen molar-refractivity contribution in [1.82, 2.24) is 19.3 Å². The summed E-state index contributed by atoms with van der Waals surface area (Å²) < 4.78 is 29.7. The molecular weight excluding hydrogens is 312 g/mol. The van der Waals surface area contributed by atoms with Gasteiger partial charge in [0.25, 0.3) is 0 Å². The summed E-state index contributed by atoms with van der Waals surface area (Å²) in [5, 5.41) is 8.05. The highest BCUT2D eigenvalue weighted by Crippen LogP contribution is 2.21. The Kier molecular flexibility index (Phi) is 3.91. The van der Waals surface area contributed by atoms with E-state index in [-0.39, 0.29) is 6.54 Å². The largest absolute Gasteiger partial charge is 0.285 e. The minimum Gasteiger partial charge on any atom is -0.285 e. The summed E-state index contributed by atoms with van der Waals surface area (Å²) in [4.78, 5) is 0.330. The normalized spacial score (nSPS) is 12.0. The molecule has 0 spiro atoms. The van der Waals surface area contributed by atoms with Crippen LogP contribution in [0.1, 0.15) is 22.5 Å². The third-order valence-corrected chi connectivity index (χ3v) is 5.38. The quantitative estimate of drug-likeness (QED) is 0.795. The SMILES string of the molecule is Cc1cc(C)c(S(=O)(=O)NCc2nnc3ccccn23)c(C)c1. The van der Waals surface area contributed by atoms with Gasteiger partial charge in [0.15, 0.2) is 11.5 Å². The van der Waals surface area contributed by atoms with Crippen LogP contribution in [-0.4, -0.2) is 23.0 Å². The smallest absolute Gasteiger partial charge is 0.241 e. The minimum absolute atomic E-state index is 0.0836. The number of hydrogen-bond donors (Lipinski definition) is 1. The predicted molar refractivity (Wildman–Crippen MR) is 87.7 cm³/mol. The lowest BCUT2D eigenvalue weighted by Crippen LogP contribution is -2.26. The van der Waals surface area contributed by atoms with Crippen LogP contribution in [0.3, 0.4) is 0 Å². The minimum atomic E-state index is -3.61. The summed E-state index contributed by atoms with van der Waals surface area (Å²) in [7, 11) is -3.61. The van der Waals surface area contributed by atoms with Gasteiger partial charge in [-0.3, -0.25) is 4.40 Å². The van der Waals surface area contributed by atoms with Crippen LogP contribution >= 0.6 is 0 Å². The standard InChI is InChI=1S/C16H18N4O2S/c1-11-8-12(2)16(13(3)9-11)23(21,22)17-10-15-19-18-14-6-4-5-7-20(14)15/h4-9,17H,10H2,1-3H3. The highest BCUT2D eigenvalue weighted by molar-refractivity contribution is 7.89. The molecule has 0 saturated heterocycles. The van der Waals surface area contributed by atoms with Gasteiger partial charge in [-0.05, 0) is 44.0 Å². The first-order valence-corrected chi connectivity index (χ1v) is 8.73. The molecule has 0 aliphatic heterocycles. The average Bonchev–Trinajstić information content (AvgIpc) is 2.87. The Bertz CT molecular complexity index is 954. The first-order valence-electron chi connectivity index (χ1n) is 7.24. The Morgan fingerprint density at radius 2 is 1.78 bits per heavy atom. The van der Waals surface area contributed by atoms with Crippen molar-refractivity contribution in [3.05, 3.63) is 59.0 Å². The molecule has 1 aromatic carbocycles. The van der Waals surface area contributed by atoms with Crippen molar-refractivity contribution in [3.8, 4) is 0 Å². The van der Waals surface area contributed by atoms with Crippen molar-refractivity contribution in [2.24, 2.45) is 0 Å². The molecule has 0 aliphatic rings. The van der Waals surface area contributed by atoms with Crippen molar-refractivity contribution in [3.63, 3.8) is 0 Å². The van der Waals surface area contributed by atoms with Gasteiger partial charge in [0.05, 0.1) is 11.4 Å². The molecule has 2 aromatic heterocycles. The molecule has 3 rings (SSSR count). The van der Waals surface area contributed by atoms with Gasteiger partial charge >= 0.3 is 0 Å². The number of pyridine rings is 1. The molecule has 0 amide bonds. The number of nitrogens with zero attached hydrogens (tertiary/aromatic N) is 3. The zero-order valence-corrected chi connectivity index (χ0v) is 14.1. The van der Waals surface area contributed by atoms with Crippen molar-refractivity contribution < 1.29 is 8.42 Å². The second-order valence-corrected chi connectivity index (χ2v) is 7.30. The third kappa shape index (κ3) is 2.97. The van der Waals surface area contributed by atoms with Crippen LogP contribution in [0.5, 0.6) is 0 Å². The molecule has 3 aromatic rings. The summed E-state index contributed by atoms with van der Waals surface area (Å²) >= 11 is 0. The van der Waals surface area contributed by atoms with Gasteiger partial charge in [0, 0.05) is 6.20 Å². The van der Waals surface area contributed by atoms with E-state index in [4.69, 9.17) is 0 Å². The molecular formula is C16H18N4O2S. The highest BCUT2D eigenvalue weighted by atomic mass is 32.2. The lowest BCUT2D eigenvalue weighted by Gasteiger charge is -2.12. The van der Waals surface area contributed by atoms with Gasteiger partial charge in [-0.1, -0.05) is 23.8 Å². The maximum absolute atomic E-state index is 12.6. The summed E-state index contributed by atoms with van der Waals surface area (Å²) in [5.41, 5.74) is 3.20. The van der Waals surface area contributed by atoms with E-state index < -0.39 is 10.0 Å². The Balaban J connectivity index is 1.91. The van der Waals surface area contributed by atoms with Crippen LogP contribution in [0.4, 0.5) is 0 Å². The van der Waals surface area contributed by atoms with E-state index in [2.05, 4.69) is 14.9 Å². The number of rotatable bonds is 4. The summed E-state index contributed by atoms with van der Waals surface area (Å²) in [6, 6.07) is 9.26. The van der Waals surface area contributed by atoms with Gasteiger partial charge in [0.1, 0.15) is 0 Å². The molecule has 0 atom stereocenters. The molecule has 1 N–H and O–H groups in total. The van der Waals surface area contributed by atoms with E-state index >= 15 is 0 Å². The zero-order valence-electron chi connectivity index (χ0n) is 13.2. The lowest BCUT2D eigenvalue weighted by molar-refractivity contribution is 0.577. The molecule has 7 heteroatoms. The number of nitrogens with one attached hydrogen (secondary N) is 1. The lowest BCUT2D eigenvalue weighted by atomic mass is 10.1. The van der Waals surface area contributed by atoms with Crippen molar-refractivity contribution in [2.75, 3.05) is 0 Å². The Morgan fingerprint density at radius 3 is 2.48 bits per heavy atom. The number of aromatic nitrogens is 3. The maximum atomic E-state index is 12.6. The molecule has 0 saturated carbocycles.